The fraction of sp³-hybridized carbons (Fsp3) is 0.312. The molecule has 2 rings (SSSR count). The van der Waals surface area contributed by atoms with Gasteiger partial charge in [-0.15, -0.1) is 5.10 Å². The van der Waals surface area contributed by atoms with E-state index in [9.17, 15) is 14.4 Å². The van der Waals surface area contributed by atoms with Crippen LogP contribution < -0.4 is 10.6 Å². The molecule has 0 saturated carbocycles. The van der Waals surface area contributed by atoms with Crippen molar-refractivity contribution in [2.45, 2.75) is 26.8 Å². The van der Waals surface area contributed by atoms with E-state index in [1.807, 2.05) is 13.8 Å². The number of amides is 2. The van der Waals surface area contributed by atoms with Crippen LogP contribution in [-0.2, 0) is 16.1 Å². The third kappa shape index (κ3) is 5.72. The van der Waals surface area contributed by atoms with Gasteiger partial charge in [0.25, 0.3) is 0 Å². The number of anilines is 2. The van der Waals surface area contributed by atoms with Crippen LogP contribution in [-0.4, -0.2) is 37.9 Å². The number of hydrogen-bond acceptors (Lipinski definition) is 5. The van der Waals surface area contributed by atoms with E-state index in [0.717, 1.165) is 4.68 Å². The molecule has 2 aromatic rings. The lowest BCUT2D eigenvalue weighted by Gasteiger charge is -2.09. The lowest BCUT2D eigenvalue weighted by molar-refractivity contribution is -0.117. The minimum Gasteiger partial charge on any atom is -0.476 e. The lowest BCUT2D eigenvalue weighted by atomic mass is 10.1. The first kappa shape index (κ1) is 18.1. The van der Waals surface area contributed by atoms with Gasteiger partial charge in [0, 0.05) is 17.8 Å². The zero-order valence-corrected chi connectivity index (χ0v) is 13.9. The molecule has 0 atom stereocenters. The van der Waals surface area contributed by atoms with Crippen LogP contribution in [0.25, 0.3) is 0 Å². The molecular weight excluding hydrogens is 326 g/mol. The van der Waals surface area contributed by atoms with Crippen LogP contribution in [0.1, 0.15) is 30.8 Å². The van der Waals surface area contributed by atoms with Gasteiger partial charge in [-0.1, -0.05) is 19.1 Å². The average Bonchev–Trinajstić information content (AvgIpc) is 2.97. The van der Waals surface area contributed by atoms with Gasteiger partial charge in [-0.2, -0.15) is 0 Å². The smallest absolute Gasteiger partial charge is 0.358 e. The standard InChI is InChI=1S/C16H19N5O4/c1-10(2)7-14(22)17-11-3-5-12(6-4-11)18-15(23)9-21-8-13(16(24)25)19-20-21/h3-6,8,10H,7,9H2,1-2H3,(H,17,22)(H,18,23)(H,24,25). The maximum Gasteiger partial charge on any atom is 0.358 e. The first-order valence-corrected chi connectivity index (χ1v) is 7.66. The van der Waals surface area contributed by atoms with E-state index >= 15 is 0 Å². The first-order chi connectivity index (χ1) is 11.8. The Morgan fingerprint density at radius 3 is 2.12 bits per heavy atom. The summed E-state index contributed by atoms with van der Waals surface area (Å²) in [4.78, 5) is 34.3. The summed E-state index contributed by atoms with van der Waals surface area (Å²) in [6.07, 6.45) is 1.62. The maximum atomic E-state index is 11.9. The molecule has 0 aliphatic heterocycles. The molecule has 0 bridgehead atoms. The highest BCUT2D eigenvalue weighted by Crippen LogP contribution is 2.14. The van der Waals surface area contributed by atoms with E-state index < -0.39 is 5.97 Å². The lowest BCUT2D eigenvalue weighted by Crippen LogP contribution is -2.19. The Hall–Kier alpha value is -3.23. The van der Waals surface area contributed by atoms with Crippen molar-refractivity contribution in [1.82, 2.24) is 15.0 Å². The summed E-state index contributed by atoms with van der Waals surface area (Å²) in [5.41, 5.74) is 0.964. The third-order valence-corrected chi connectivity index (χ3v) is 3.11. The van der Waals surface area contributed by atoms with Crippen LogP contribution in [0.2, 0.25) is 0 Å². The van der Waals surface area contributed by atoms with E-state index in [2.05, 4.69) is 20.9 Å². The Morgan fingerprint density at radius 2 is 1.64 bits per heavy atom. The van der Waals surface area contributed by atoms with E-state index in [-0.39, 0.29) is 30.0 Å². The van der Waals surface area contributed by atoms with Crippen molar-refractivity contribution < 1.29 is 19.5 Å². The van der Waals surface area contributed by atoms with Crippen LogP contribution in [0.15, 0.2) is 30.5 Å². The van der Waals surface area contributed by atoms with Gasteiger partial charge in [-0.25, -0.2) is 9.48 Å². The van der Waals surface area contributed by atoms with Gasteiger partial charge in [-0.05, 0) is 30.2 Å². The fourth-order valence-electron chi connectivity index (χ4n) is 2.04. The van der Waals surface area contributed by atoms with E-state index in [0.29, 0.717) is 17.8 Å². The number of carbonyl (C=O) groups excluding carboxylic acids is 2. The predicted octanol–water partition coefficient (Wildman–Crippen LogP) is 1.60. The molecule has 0 fully saturated rings. The summed E-state index contributed by atoms with van der Waals surface area (Å²) >= 11 is 0. The van der Waals surface area contributed by atoms with Gasteiger partial charge >= 0.3 is 5.97 Å². The SMILES string of the molecule is CC(C)CC(=O)Nc1ccc(NC(=O)Cn2cc(C(=O)O)nn2)cc1. The number of nitrogens with one attached hydrogen (secondary N) is 2. The van der Waals surface area contributed by atoms with Gasteiger partial charge in [0.1, 0.15) is 6.54 Å². The summed E-state index contributed by atoms with van der Waals surface area (Å²) in [6, 6.07) is 6.69. The number of carboxylic acid groups (broad SMARTS) is 1. The Balaban J connectivity index is 1.88. The molecule has 1 aromatic carbocycles. The van der Waals surface area contributed by atoms with E-state index in [1.165, 1.54) is 6.20 Å². The van der Waals surface area contributed by atoms with Crippen molar-refractivity contribution in [3.8, 4) is 0 Å². The summed E-state index contributed by atoms with van der Waals surface area (Å²) in [5.74, 6) is -1.37. The van der Waals surface area contributed by atoms with Gasteiger partial charge < -0.3 is 15.7 Å². The van der Waals surface area contributed by atoms with Crippen molar-refractivity contribution in [3.63, 3.8) is 0 Å². The molecule has 0 unspecified atom stereocenters. The normalized spacial score (nSPS) is 10.5. The number of rotatable bonds is 7. The van der Waals surface area contributed by atoms with Gasteiger partial charge in [-0.3, -0.25) is 9.59 Å². The third-order valence-electron chi connectivity index (χ3n) is 3.11. The molecule has 25 heavy (non-hydrogen) atoms. The number of aromatic nitrogens is 3. The monoisotopic (exact) mass is 345 g/mol. The minimum atomic E-state index is -1.21. The maximum absolute atomic E-state index is 11.9. The molecule has 3 N–H and O–H groups in total. The predicted molar refractivity (Wildman–Crippen MR) is 90.1 cm³/mol. The number of benzene rings is 1. The highest BCUT2D eigenvalue weighted by Gasteiger charge is 2.11. The Morgan fingerprint density at radius 1 is 1.08 bits per heavy atom. The number of hydrogen-bond donors (Lipinski definition) is 3. The largest absolute Gasteiger partial charge is 0.476 e. The van der Waals surface area contributed by atoms with E-state index in [4.69, 9.17) is 5.11 Å². The molecule has 1 aromatic heterocycles. The molecule has 2 amide bonds. The molecule has 0 aliphatic rings. The quantitative estimate of drug-likeness (QED) is 0.699. The highest BCUT2D eigenvalue weighted by molar-refractivity contribution is 5.93. The highest BCUT2D eigenvalue weighted by atomic mass is 16.4. The van der Waals surface area contributed by atoms with Crippen molar-refractivity contribution in [1.29, 1.82) is 0 Å². The second-order valence-electron chi connectivity index (χ2n) is 5.88. The molecule has 0 saturated heterocycles. The molecule has 9 heteroatoms. The number of aromatic carboxylic acids is 1. The van der Waals surface area contributed by atoms with Gasteiger partial charge in [0.15, 0.2) is 5.69 Å². The fourth-order valence-corrected chi connectivity index (χ4v) is 2.04. The number of nitrogens with zero attached hydrogens (tertiary/aromatic N) is 3. The second-order valence-corrected chi connectivity index (χ2v) is 5.88. The number of carbonyl (C=O) groups is 3. The van der Waals surface area contributed by atoms with Gasteiger partial charge in [0.2, 0.25) is 11.8 Å². The topological polar surface area (TPSA) is 126 Å². The van der Waals surface area contributed by atoms with Crippen LogP contribution in [0.3, 0.4) is 0 Å². The zero-order chi connectivity index (χ0) is 18.4. The second kappa shape index (κ2) is 8.04. The average molecular weight is 345 g/mol. The molecular formula is C16H19N5O4. The molecule has 9 nitrogen and oxygen atoms in total. The van der Waals surface area contributed by atoms with Gasteiger partial charge in [0.05, 0.1) is 6.20 Å². The van der Waals surface area contributed by atoms with Crippen molar-refractivity contribution >= 4 is 29.2 Å². The van der Waals surface area contributed by atoms with Crippen LogP contribution in [0.4, 0.5) is 11.4 Å². The summed E-state index contributed by atoms with van der Waals surface area (Å²) < 4.78 is 1.14. The van der Waals surface area contributed by atoms with Crippen molar-refractivity contribution in [3.05, 3.63) is 36.2 Å². The summed E-state index contributed by atoms with van der Waals surface area (Å²) in [6.45, 7) is 3.77. The Labute approximate surface area is 144 Å². The Bertz CT molecular complexity index is 767. The number of carboxylic acids is 1. The molecule has 0 spiro atoms. The van der Waals surface area contributed by atoms with Crippen LogP contribution in [0, 0.1) is 5.92 Å². The van der Waals surface area contributed by atoms with Crippen LogP contribution in [0.5, 0.6) is 0 Å². The zero-order valence-electron chi connectivity index (χ0n) is 13.9. The summed E-state index contributed by atoms with van der Waals surface area (Å²) in [5, 5.41) is 21.2. The molecule has 0 aliphatic carbocycles. The summed E-state index contributed by atoms with van der Waals surface area (Å²) in [7, 11) is 0. The van der Waals surface area contributed by atoms with Crippen LogP contribution >= 0.6 is 0 Å². The Kier molecular flexibility index (Phi) is 5.83. The van der Waals surface area contributed by atoms with Crippen molar-refractivity contribution in [2.24, 2.45) is 5.92 Å². The molecule has 0 radical (unpaired) electrons. The molecule has 132 valence electrons. The molecule has 1 heterocycles. The first-order valence-electron chi connectivity index (χ1n) is 7.66. The van der Waals surface area contributed by atoms with Crippen molar-refractivity contribution in [2.75, 3.05) is 10.6 Å². The minimum absolute atomic E-state index is 0.0628. The van der Waals surface area contributed by atoms with E-state index in [1.54, 1.807) is 24.3 Å².